The van der Waals surface area contributed by atoms with Crippen LogP contribution < -0.4 is 10.6 Å². The van der Waals surface area contributed by atoms with Crippen molar-refractivity contribution in [3.05, 3.63) is 59.5 Å². The maximum atomic E-state index is 5.45. The van der Waals surface area contributed by atoms with Crippen LogP contribution in [0.4, 0.5) is 0 Å². The molecule has 1 heterocycles. The number of rotatable bonds is 12. The smallest absolute Gasteiger partial charge is 0.191 e. The van der Waals surface area contributed by atoms with Gasteiger partial charge in [0.25, 0.3) is 0 Å². The maximum Gasteiger partial charge on any atom is 0.191 e. The Bertz CT molecular complexity index is 686. The second kappa shape index (κ2) is 13.0. The van der Waals surface area contributed by atoms with Crippen LogP contribution in [0.25, 0.3) is 0 Å². The predicted octanol–water partition coefficient (Wildman–Crippen LogP) is 3.39. The largest absolute Gasteiger partial charge is 0.468 e. The van der Waals surface area contributed by atoms with Crippen LogP contribution in [-0.2, 0) is 24.4 Å². The highest BCUT2D eigenvalue weighted by Crippen LogP contribution is 2.13. The first-order valence-corrected chi connectivity index (χ1v) is 10.0. The number of hydrogen-bond acceptors (Lipinski definition) is 4. The first-order chi connectivity index (χ1) is 13.7. The molecule has 2 rings (SSSR count). The van der Waals surface area contributed by atoms with E-state index in [1.165, 1.54) is 11.1 Å². The quantitative estimate of drug-likeness (QED) is 0.333. The summed E-state index contributed by atoms with van der Waals surface area (Å²) in [4.78, 5) is 6.57. The Labute approximate surface area is 169 Å². The second-order valence-corrected chi connectivity index (χ2v) is 6.78. The molecule has 2 N–H and O–H groups in total. The Morgan fingerprint density at radius 1 is 1.07 bits per heavy atom. The molecule has 0 aliphatic rings. The van der Waals surface area contributed by atoms with E-state index < -0.39 is 0 Å². The zero-order valence-corrected chi connectivity index (χ0v) is 17.4. The molecule has 0 fully saturated rings. The van der Waals surface area contributed by atoms with E-state index in [0.717, 1.165) is 64.0 Å². The molecule has 0 aliphatic carbocycles. The fourth-order valence-corrected chi connectivity index (χ4v) is 2.98. The highest BCUT2D eigenvalue weighted by molar-refractivity contribution is 5.79. The van der Waals surface area contributed by atoms with E-state index in [-0.39, 0.29) is 0 Å². The van der Waals surface area contributed by atoms with Crippen LogP contribution in [0.15, 0.2) is 52.1 Å². The summed E-state index contributed by atoms with van der Waals surface area (Å²) in [6.45, 7) is 6.91. The molecule has 28 heavy (non-hydrogen) atoms. The number of benzene rings is 1. The van der Waals surface area contributed by atoms with Crippen LogP contribution in [0.2, 0.25) is 0 Å². The summed E-state index contributed by atoms with van der Waals surface area (Å²) < 4.78 is 10.8. The summed E-state index contributed by atoms with van der Waals surface area (Å²) in [6.07, 6.45) is 3.84. The van der Waals surface area contributed by atoms with Crippen LogP contribution in [0.1, 0.15) is 36.7 Å². The van der Waals surface area contributed by atoms with E-state index in [1.54, 1.807) is 13.3 Å². The molecule has 0 spiro atoms. The van der Waals surface area contributed by atoms with Gasteiger partial charge in [0, 0.05) is 39.9 Å². The van der Waals surface area contributed by atoms with E-state index >= 15 is 0 Å². The second-order valence-electron chi connectivity index (χ2n) is 6.78. The van der Waals surface area contributed by atoms with Gasteiger partial charge < -0.3 is 19.8 Å². The Kier molecular flexibility index (Phi) is 10.2. The third kappa shape index (κ3) is 8.15. The molecule has 1 aromatic carbocycles. The Morgan fingerprint density at radius 3 is 2.61 bits per heavy atom. The highest BCUT2D eigenvalue weighted by Gasteiger charge is 2.08. The van der Waals surface area contributed by atoms with Crippen molar-refractivity contribution in [1.82, 2.24) is 15.5 Å². The van der Waals surface area contributed by atoms with Gasteiger partial charge in [-0.3, -0.25) is 9.89 Å². The van der Waals surface area contributed by atoms with Gasteiger partial charge in [0.2, 0.25) is 0 Å². The van der Waals surface area contributed by atoms with Crippen LogP contribution in [0.5, 0.6) is 0 Å². The number of ether oxygens (including phenoxy) is 1. The molecule has 6 heteroatoms. The molecule has 0 unspecified atom stereocenters. The molecule has 0 amide bonds. The summed E-state index contributed by atoms with van der Waals surface area (Å²) in [5, 5.41) is 6.78. The molecular formula is C22H34N4O2. The summed E-state index contributed by atoms with van der Waals surface area (Å²) >= 11 is 0. The molecule has 1 aromatic heterocycles. The van der Waals surface area contributed by atoms with Gasteiger partial charge in [0.1, 0.15) is 5.76 Å². The van der Waals surface area contributed by atoms with Crippen LogP contribution in [0, 0.1) is 0 Å². The average molecular weight is 387 g/mol. The minimum atomic E-state index is 0.739. The van der Waals surface area contributed by atoms with Crippen LogP contribution in [-0.4, -0.2) is 44.7 Å². The third-order valence-electron chi connectivity index (χ3n) is 4.45. The fraction of sp³-hybridized carbons (Fsp3) is 0.500. The molecule has 0 saturated carbocycles. The lowest BCUT2D eigenvalue weighted by molar-refractivity contribution is 0.143. The van der Waals surface area contributed by atoms with Gasteiger partial charge in [-0.05, 0) is 50.1 Å². The lowest BCUT2D eigenvalue weighted by Crippen LogP contribution is -2.37. The third-order valence-corrected chi connectivity index (χ3v) is 4.45. The van der Waals surface area contributed by atoms with Gasteiger partial charge in [0.05, 0.1) is 12.8 Å². The standard InChI is InChI=1S/C22H34N4O2/c1-4-27-14-8-7-13-24-22(23-2)25-16-19-10-5-6-11-20(19)17-26(3)18-21-12-9-15-28-21/h5-6,9-12,15H,4,7-8,13-14,16-18H2,1-3H3,(H2,23,24,25). The Hall–Kier alpha value is -2.31. The van der Waals surface area contributed by atoms with Crippen molar-refractivity contribution < 1.29 is 9.15 Å². The minimum absolute atomic E-state index is 0.739. The monoisotopic (exact) mass is 386 g/mol. The first kappa shape index (κ1) is 22.0. The van der Waals surface area contributed by atoms with Crippen molar-refractivity contribution in [2.75, 3.05) is 33.9 Å². The maximum absolute atomic E-state index is 5.45. The molecule has 0 saturated heterocycles. The fourth-order valence-electron chi connectivity index (χ4n) is 2.98. The van der Waals surface area contributed by atoms with Crippen LogP contribution in [0.3, 0.4) is 0 Å². The molecule has 0 radical (unpaired) electrons. The molecule has 0 bridgehead atoms. The van der Waals surface area contributed by atoms with Gasteiger partial charge >= 0.3 is 0 Å². The summed E-state index contributed by atoms with van der Waals surface area (Å²) in [5.41, 5.74) is 2.57. The van der Waals surface area contributed by atoms with Crippen molar-refractivity contribution in [2.45, 2.75) is 39.4 Å². The number of nitrogens with one attached hydrogen (secondary N) is 2. The Morgan fingerprint density at radius 2 is 1.89 bits per heavy atom. The predicted molar refractivity (Wildman–Crippen MR) is 114 cm³/mol. The first-order valence-electron chi connectivity index (χ1n) is 10.0. The molecule has 2 aromatic rings. The Balaban J connectivity index is 1.79. The lowest BCUT2D eigenvalue weighted by Gasteiger charge is -2.19. The number of furan rings is 1. The average Bonchev–Trinajstić information content (AvgIpc) is 3.20. The van der Waals surface area contributed by atoms with Crippen molar-refractivity contribution >= 4 is 5.96 Å². The SMILES string of the molecule is CCOCCCCNC(=NC)NCc1ccccc1CN(C)Cc1ccco1. The molecule has 0 atom stereocenters. The van der Waals surface area contributed by atoms with E-state index in [2.05, 4.69) is 51.8 Å². The number of unbranched alkanes of at least 4 members (excludes halogenated alkanes) is 1. The van der Waals surface area contributed by atoms with E-state index in [0.29, 0.717) is 0 Å². The van der Waals surface area contributed by atoms with Gasteiger partial charge in [-0.15, -0.1) is 0 Å². The van der Waals surface area contributed by atoms with Gasteiger partial charge in [-0.25, -0.2) is 0 Å². The molecule has 6 nitrogen and oxygen atoms in total. The zero-order chi connectivity index (χ0) is 20.0. The van der Waals surface area contributed by atoms with E-state index in [1.807, 2.05) is 19.1 Å². The lowest BCUT2D eigenvalue weighted by atomic mass is 10.1. The van der Waals surface area contributed by atoms with Gasteiger partial charge in [-0.1, -0.05) is 24.3 Å². The van der Waals surface area contributed by atoms with Crippen molar-refractivity contribution in [3.8, 4) is 0 Å². The summed E-state index contributed by atoms with van der Waals surface area (Å²) in [5.74, 6) is 1.81. The number of guanidine groups is 1. The summed E-state index contributed by atoms with van der Waals surface area (Å²) in [6, 6.07) is 12.4. The van der Waals surface area contributed by atoms with E-state index in [4.69, 9.17) is 9.15 Å². The summed E-state index contributed by atoms with van der Waals surface area (Å²) in [7, 11) is 3.91. The normalized spacial score (nSPS) is 11.8. The topological polar surface area (TPSA) is 62.0 Å². The van der Waals surface area contributed by atoms with Gasteiger partial charge in [0.15, 0.2) is 5.96 Å². The van der Waals surface area contributed by atoms with Crippen molar-refractivity contribution in [3.63, 3.8) is 0 Å². The minimum Gasteiger partial charge on any atom is -0.468 e. The number of hydrogen-bond donors (Lipinski definition) is 2. The van der Waals surface area contributed by atoms with Crippen molar-refractivity contribution in [1.29, 1.82) is 0 Å². The highest BCUT2D eigenvalue weighted by atomic mass is 16.5. The van der Waals surface area contributed by atoms with E-state index in [9.17, 15) is 0 Å². The van der Waals surface area contributed by atoms with Crippen molar-refractivity contribution in [2.24, 2.45) is 4.99 Å². The molecule has 0 aliphatic heterocycles. The number of aliphatic imine (C=N–C) groups is 1. The number of nitrogens with zero attached hydrogens (tertiary/aromatic N) is 2. The molecule has 154 valence electrons. The van der Waals surface area contributed by atoms with Gasteiger partial charge in [-0.2, -0.15) is 0 Å². The van der Waals surface area contributed by atoms with Crippen LogP contribution >= 0.6 is 0 Å². The molecular weight excluding hydrogens is 352 g/mol. The zero-order valence-electron chi connectivity index (χ0n) is 17.4.